The molecule has 19 heavy (non-hydrogen) atoms. The fourth-order valence-corrected chi connectivity index (χ4v) is 2.92. The molecule has 1 aromatic carbocycles. The largest absolute Gasteiger partial charge is 0.328 e. The van der Waals surface area contributed by atoms with Gasteiger partial charge in [0.2, 0.25) is 0 Å². The van der Waals surface area contributed by atoms with Crippen LogP contribution in [-0.2, 0) is 5.54 Å². The summed E-state index contributed by atoms with van der Waals surface area (Å²) in [6.45, 7) is 2.85. The molecule has 1 aromatic heterocycles. The van der Waals surface area contributed by atoms with Crippen LogP contribution in [0.4, 0.5) is 0 Å². The van der Waals surface area contributed by atoms with Crippen LogP contribution < -0.4 is 5.73 Å². The van der Waals surface area contributed by atoms with Gasteiger partial charge < -0.3 is 10.3 Å². The lowest BCUT2D eigenvalue weighted by molar-refractivity contribution is 0.284. The van der Waals surface area contributed by atoms with Crippen molar-refractivity contribution in [1.82, 2.24) is 9.55 Å². The number of hydrogen-bond donors (Lipinski definition) is 1. The van der Waals surface area contributed by atoms with Crippen molar-refractivity contribution in [3.05, 3.63) is 41.8 Å². The molecule has 0 saturated heterocycles. The molecule has 1 aliphatic rings. The third-order valence-corrected chi connectivity index (χ3v) is 4.41. The molecule has 0 amide bonds. The van der Waals surface area contributed by atoms with Crippen molar-refractivity contribution in [3.8, 4) is 11.3 Å². The summed E-state index contributed by atoms with van der Waals surface area (Å²) in [5.74, 6) is 0.657. The molecule has 1 heterocycles. The number of nitrogens with two attached hydrogens (primary N) is 1. The average Bonchev–Trinajstić information content (AvgIpc) is 3.15. The second kappa shape index (κ2) is 4.66. The Labute approximate surface area is 118 Å². The summed E-state index contributed by atoms with van der Waals surface area (Å²) < 4.78 is 2.22. The van der Waals surface area contributed by atoms with Crippen molar-refractivity contribution < 1.29 is 0 Å². The van der Waals surface area contributed by atoms with Crippen molar-refractivity contribution in [2.24, 2.45) is 11.7 Å². The Morgan fingerprint density at radius 2 is 2.26 bits per heavy atom. The first-order chi connectivity index (χ1) is 9.15. The Morgan fingerprint density at radius 1 is 1.47 bits per heavy atom. The van der Waals surface area contributed by atoms with E-state index < -0.39 is 0 Å². The van der Waals surface area contributed by atoms with E-state index in [0.717, 1.165) is 16.3 Å². The zero-order valence-corrected chi connectivity index (χ0v) is 11.8. The lowest BCUT2D eigenvalue weighted by atomic mass is 9.94. The summed E-state index contributed by atoms with van der Waals surface area (Å²) in [6, 6.07) is 7.88. The first-order valence-corrected chi connectivity index (χ1v) is 7.02. The number of imidazole rings is 1. The SMILES string of the molecule is CC(CN)(C1CC1)n1cncc1-c1cccc(Cl)c1. The van der Waals surface area contributed by atoms with Crippen molar-refractivity contribution in [2.45, 2.75) is 25.3 Å². The first kappa shape index (κ1) is 12.7. The molecule has 2 N–H and O–H groups in total. The molecule has 100 valence electrons. The maximum absolute atomic E-state index is 6.08. The summed E-state index contributed by atoms with van der Waals surface area (Å²) in [5.41, 5.74) is 8.17. The van der Waals surface area contributed by atoms with Gasteiger partial charge in [-0.05, 0) is 37.8 Å². The van der Waals surface area contributed by atoms with Crippen LogP contribution in [0.15, 0.2) is 36.8 Å². The number of hydrogen-bond acceptors (Lipinski definition) is 2. The lowest BCUT2D eigenvalue weighted by Gasteiger charge is -2.32. The topological polar surface area (TPSA) is 43.8 Å². The maximum atomic E-state index is 6.08. The lowest BCUT2D eigenvalue weighted by Crippen LogP contribution is -2.40. The van der Waals surface area contributed by atoms with Gasteiger partial charge in [-0.15, -0.1) is 0 Å². The van der Waals surface area contributed by atoms with Crippen molar-refractivity contribution in [1.29, 1.82) is 0 Å². The minimum atomic E-state index is -0.0475. The number of aromatic nitrogens is 2. The monoisotopic (exact) mass is 275 g/mol. The summed E-state index contributed by atoms with van der Waals surface area (Å²) in [5, 5.41) is 0.742. The molecule has 0 bridgehead atoms. The Hall–Kier alpha value is -1.32. The molecule has 3 nitrogen and oxygen atoms in total. The Kier molecular flexibility index (Phi) is 3.11. The highest BCUT2D eigenvalue weighted by atomic mass is 35.5. The van der Waals surface area contributed by atoms with E-state index in [4.69, 9.17) is 17.3 Å². The van der Waals surface area contributed by atoms with Crippen molar-refractivity contribution in [2.75, 3.05) is 6.54 Å². The van der Waals surface area contributed by atoms with Gasteiger partial charge in [0.1, 0.15) is 0 Å². The predicted molar refractivity (Wildman–Crippen MR) is 78.1 cm³/mol. The van der Waals surface area contributed by atoms with E-state index in [-0.39, 0.29) is 5.54 Å². The van der Waals surface area contributed by atoms with E-state index in [1.807, 2.05) is 30.7 Å². The highest BCUT2D eigenvalue weighted by Gasteiger charge is 2.42. The molecule has 3 rings (SSSR count). The van der Waals surface area contributed by atoms with E-state index in [9.17, 15) is 0 Å². The maximum Gasteiger partial charge on any atom is 0.0956 e. The Morgan fingerprint density at radius 3 is 2.89 bits per heavy atom. The normalized spacial score (nSPS) is 18.3. The summed E-state index contributed by atoms with van der Waals surface area (Å²) in [7, 11) is 0. The van der Waals surface area contributed by atoms with Crippen LogP contribution in [-0.4, -0.2) is 16.1 Å². The van der Waals surface area contributed by atoms with Crippen LogP contribution in [0.25, 0.3) is 11.3 Å². The van der Waals surface area contributed by atoms with Gasteiger partial charge in [0.25, 0.3) is 0 Å². The zero-order chi connectivity index (χ0) is 13.5. The van der Waals surface area contributed by atoms with E-state index >= 15 is 0 Å². The van der Waals surface area contributed by atoms with Gasteiger partial charge in [-0.1, -0.05) is 23.7 Å². The molecule has 0 radical (unpaired) electrons. The molecule has 0 aliphatic heterocycles. The van der Waals surface area contributed by atoms with Crippen LogP contribution in [0, 0.1) is 5.92 Å². The van der Waals surface area contributed by atoms with Gasteiger partial charge in [0, 0.05) is 17.1 Å². The molecule has 1 fully saturated rings. The van der Waals surface area contributed by atoms with Gasteiger partial charge in [-0.2, -0.15) is 0 Å². The van der Waals surface area contributed by atoms with Gasteiger partial charge in [0.05, 0.1) is 23.8 Å². The molecule has 1 aliphatic carbocycles. The molecule has 1 unspecified atom stereocenters. The molecule has 1 atom stereocenters. The Bertz CT molecular complexity index is 589. The molecular formula is C15H18ClN3. The molecule has 2 aromatic rings. The molecule has 4 heteroatoms. The second-order valence-corrected chi connectivity index (χ2v) is 5.93. The number of benzene rings is 1. The van der Waals surface area contributed by atoms with Crippen LogP contribution in [0.5, 0.6) is 0 Å². The quantitative estimate of drug-likeness (QED) is 0.930. The van der Waals surface area contributed by atoms with Crippen LogP contribution in [0.3, 0.4) is 0 Å². The fraction of sp³-hybridized carbons (Fsp3) is 0.400. The second-order valence-electron chi connectivity index (χ2n) is 5.49. The van der Waals surface area contributed by atoms with Gasteiger partial charge in [0.15, 0.2) is 0 Å². The van der Waals surface area contributed by atoms with E-state index in [1.165, 1.54) is 12.8 Å². The van der Waals surface area contributed by atoms with E-state index in [1.54, 1.807) is 0 Å². The number of halogens is 1. The van der Waals surface area contributed by atoms with Crippen LogP contribution >= 0.6 is 11.6 Å². The van der Waals surface area contributed by atoms with E-state index in [2.05, 4.69) is 22.5 Å². The standard InChI is InChI=1S/C15H18ClN3/c1-15(9-17,12-5-6-12)19-10-18-8-14(19)11-3-2-4-13(16)7-11/h2-4,7-8,10,12H,5-6,9,17H2,1H3. The molecule has 0 spiro atoms. The predicted octanol–water partition coefficient (Wildman–Crippen LogP) is 3.29. The minimum absolute atomic E-state index is 0.0475. The summed E-state index contributed by atoms with van der Waals surface area (Å²) in [6.07, 6.45) is 6.28. The summed E-state index contributed by atoms with van der Waals surface area (Å²) >= 11 is 6.08. The van der Waals surface area contributed by atoms with Gasteiger partial charge in [-0.3, -0.25) is 0 Å². The summed E-state index contributed by atoms with van der Waals surface area (Å²) in [4.78, 5) is 4.32. The van der Waals surface area contributed by atoms with Gasteiger partial charge in [-0.25, -0.2) is 4.98 Å². The van der Waals surface area contributed by atoms with Crippen LogP contribution in [0.1, 0.15) is 19.8 Å². The third kappa shape index (κ3) is 2.17. The number of rotatable bonds is 4. The number of nitrogens with zero attached hydrogens (tertiary/aromatic N) is 2. The third-order valence-electron chi connectivity index (χ3n) is 4.18. The molecular weight excluding hydrogens is 258 g/mol. The van der Waals surface area contributed by atoms with Gasteiger partial charge >= 0.3 is 0 Å². The highest BCUT2D eigenvalue weighted by Crippen LogP contribution is 2.45. The first-order valence-electron chi connectivity index (χ1n) is 6.64. The minimum Gasteiger partial charge on any atom is -0.328 e. The van der Waals surface area contributed by atoms with Crippen molar-refractivity contribution in [3.63, 3.8) is 0 Å². The smallest absolute Gasteiger partial charge is 0.0956 e. The van der Waals surface area contributed by atoms with Crippen LogP contribution in [0.2, 0.25) is 5.02 Å². The average molecular weight is 276 g/mol. The fourth-order valence-electron chi connectivity index (χ4n) is 2.73. The van der Waals surface area contributed by atoms with E-state index in [0.29, 0.717) is 12.5 Å². The Balaban J connectivity index is 2.07. The highest BCUT2D eigenvalue weighted by molar-refractivity contribution is 6.30. The molecule has 1 saturated carbocycles. The zero-order valence-electron chi connectivity index (χ0n) is 11.0. The van der Waals surface area contributed by atoms with Crippen molar-refractivity contribution >= 4 is 11.6 Å².